The Bertz CT molecular complexity index is 867. The summed E-state index contributed by atoms with van der Waals surface area (Å²) in [7, 11) is 0. The quantitative estimate of drug-likeness (QED) is 0.217. The smallest absolute Gasteiger partial charge is 0.326 e. The van der Waals surface area contributed by atoms with Crippen LogP contribution in [0.2, 0.25) is 0 Å². The highest BCUT2D eigenvalue weighted by Crippen LogP contribution is 2.13. The molecule has 5 atom stereocenters. The van der Waals surface area contributed by atoms with E-state index in [-0.39, 0.29) is 12.2 Å². The zero-order valence-electron chi connectivity index (χ0n) is 19.6. The molecule has 188 valence electrons. The minimum Gasteiger partial charge on any atom is -0.508 e. The fourth-order valence-corrected chi connectivity index (χ4v) is 3.67. The average molecular weight is 479 g/mol. The van der Waals surface area contributed by atoms with Crippen LogP contribution in [-0.4, -0.2) is 75.8 Å². The van der Waals surface area contributed by atoms with Crippen LogP contribution in [0, 0.1) is 5.92 Å². The Morgan fingerprint density at radius 1 is 1.00 bits per heavy atom. The average Bonchev–Trinajstić information content (AvgIpc) is 3.30. The fraction of sp³-hybridized carbons (Fsp3) is 0.565. The number of carboxylic acids is 1. The van der Waals surface area contributed by atoms with Crippen LogP contribution in [0.1, 0.15) is 39.2 Å². The third kappa shape index (κ3) is 7.70. The number of phenols is 1. The van der Waals surface area contributed by atoms with E-state index in [1.165, 1.54) is 19.1 Å². The number of hydrogen-bond acceptors (Lipinski definition) is 7. The van der Waals surface area contributed by atoms with E-state index >= 15 is 0 Å². The van der Waals surface area contributed by atoms with E-state index in [0.717, 1.165) is 6.42 Å². The molecule has 0 radical (unpaired) electrons. The Morgan fingerprint density at radius 2 is 1.65 bits per heavy atom. The molecular weight excluding hydrogens is 444 g/mol. The number of carbonyl (C=O) groups excluding carboxylic acids is 3. The zero-order valence-corrected chi connectivity index (χ0v) is 19.6. The topological polar surface area (TPSA) is 177 Å². The first-order valence-corrected chi connectivity index (χ1v) is 11.3. The van der Waals surface area contributed by atoms with Gasteiger partial charge in [-0.15, -0.1) is 0 Å². The molecular formula is C23H34N4O7. The van der Waals surface area contributed by atoms with Crippen molar-refractivity contribution in [3.63, 3.8) is 0 Å². The molecule has 2 rings (SSSR count). The van der Waals surface area contributed by atoms with Gasteiger partial charge in [0.1, 0.15) is 23.9 Å². The normalized spacial score (nSPS) is 19.0. The Labute approximate surface area is 198 Å². The predicted molar refractivity (Wildman–Crippen MR) is 123 cm³/mol. The molecule has 1 fully saturated rings. The van der Waals surface area contributed by atoms with Gasteiger partial charge in [0.15, 0.2) is 0 Å². The van der Waals surface area contributed by atoms with Gasteiger partial charge in [-0.25, -0.2) is 4.79 Å². The highest BCUT2D eigenvalue weighted by molar-refractivity contribution is 5.94. The SMILES string of the molecule is CC(C)C(NC(=O)C(Cc1ccc(O)cc1)NC(=O)C(NC(=O)C1CCCN1)C(C)O)C(=O)O. The van der Waals surface area contributed by atoms with Gasteiger partial charge in [-0.3, -0.25) is 14.4 Å². The lowest BCUT2D eigenvalue weighted by Gasteiger charge is -2.27. The van der Waals surface area contributed by atoms with Gasteiger partial charge in [0, 0.05) is 6.42 Å². The van der Waals surface area contributed by atoms with E-state index in [9.17, 15) is 34.5 Å². The summed E-state index contributed by atoms with van der Waals surface area (Å²) in [4.78, 5) is 50.0. The molecule has 11 nitrogen and oxygen atoms in total. The number of amides is 3. The number of hydrogen-bond donors (Lipinski definition) is 7. The van der Waals surface area contributed by atoms with Crippen LogP contribution < -0.4 is 21.3 Å². The number of nitrogens with one attached hydrogen (secondary N) is 4. The number of aromatic hydroxyl groups is 1. The molecule has 1 aromatic rings. The Hall–Kier alpha value is -3.18. The van der Waals surface area contributed by atoms with E-state index in [0.29, 0.717) is 18.5 Å². The molecule has 1 heterocycles. The monoisotopic (exact) mass is 478 g/mol. The van der Waals surface area contributed by atoms with E-state index in [1.807, 2.05) is 0 Å². The maximum absolute atomic E-state index is 13.0. The van der Waals surface area contributed by atoms with Gasteiger partial charge < -0.3 is 36.6 Å². The maximum Gasteiger partial charge on any atom is 0.326 e. The molecule has 1 aliphatic heterocycles. The van der Waals surface area contributed by atoms with Crippen LogP contribution in [0.3, 0.4) is 0 Å². The van der Waals surface area contributed by atoms with Crippen molar-refractivity contribution in [2.45, 2.75) is 70.3 Å². The van der Waals surface area contributed by atoms with E-state index in [4.69, 9.17) is 0 Å². The standard InChI is InChI=1S/C23H34N4O7/c1-12(2)18(23(33)34)26-21(31)17(11-14-6-8-15(29)9-7-14)25-22(32)19(13(3)28)27-20(30)16-5-4-10-24-16/h6-9,12-13,16-19,24,28-29H,4-5,10-11H2,1-3H3,(H,25,32)(H,26,31)(H,27,30)(H,33,34). The minimum absolute atomic E-state index is 0.00700. The summed E-state index contributed by atoms with van der Waals surface area (Å²) in [5, 5.41) is 39.6. The number of aliphatic carboxylic acids is 1. The molecule has 1 saturated heterocycles. The van der Waals surface area contributed by atoms with Crippen molar-refractivity contribution >= 4 is 23.7 Å². The number of carboxylic acid groups (broad SMARTS) is 1. The molecule has 0 aliphatic carbocycles. The summed E-state index contributed by atoms with van der Waals surface area (Å²) >= 11 is 0. The summed E-state index contributed by atoms with van der Waals surface area (Å²) < 4.78 is 0. The highest BCUT2D eigenvalue weighted by Gasteiger charge is 2.34. The first kappa shape index (κ1) is 27.1. The van der Waals surface area contributed by atoms with Crippen LogP contribution in [0.15, 0.2) is 24.3 Å². The molecule has 3 amide bonds. The van der Waals surface area contributed by atoms with Gasteiger partial charge >= 0.3 is 5.97 Å². The zero-order chi connectivity index (χ0) is 25.4. The molecule has 5 unspecified atom stereocenters. The lowest BCUT2D eigenvalue weighted by atomic mass is 10.0. The second-order valence-corrected chi connectivity index (χ2v) is 8.88. The van der Waals surface area contributed by atoms with Crippen LogP contribution in [0.5, 0.6) is 5.75 Å². The van der Waals surface area contributed by atoms with Crippen molar-refractivity contribution in [2.24, 2.45) is 5.92 Å². The van der Waals surface area contributed by atoms with Crippen molar-refractivity contribution in [1.29, 1.82) is 0 Å². The fourth-order valence-electron chi connectivity index (χ4n) is 3.67. The Kier molecular flexibility index (Phi) is 9.82. The summed E-state index contributed by atoms with van der Waals surface area (Å²) in [6.45, 7) is 5.31. The molecule has 0 spiro atoms. The number of aliphatic hydroxyl groups is 1. The molecule has 7 N–H and O–H groups in total. The second kappa shape index (κ2) is 12.3. The van der Waals surface area contributed by atoms with E-state index in [2.05, 4.69) is 21.3 Å². The number of carbonyl (C=O) groups is 4. The molecule has 34 heavy (non-hydrogen) atoms. The van der Waals surface area contributed by atoms with Crippen molar-refractivity contribution in [3.8, 4) is 5.75 Å². The van der Waals surface area contributed by atoms with Gasteiger partial charge in [0.25, 0.3) is 0 Å². The van der Waals surface area contributed by atoms with Gasteiger partial charge in [-0.1, -0.05) is 26.0 Å². The van der Waals surface area contributed by atoms with Crippen LogP contribution in [0.4, 0.5) is 0 Å². The van der Waals surface area contributed by atoms with Crippen LogP contribution in [0.25, 0.3) is 0 Å². The van der Waals surface area contributed by atoms with Gasteiger partial charge in [0.2, 0.25) is 17.7 Å². The van der Waals surface area contributed by atoms with Crippen molar-refractivity contribution in [3.05, 3.63) is 29.8 Å². The van der Waals surface area contributed by atoms with Crippen molar-refractivity contribution in [1.82, 2.24) is 21.3 Å². The highest BCUT2D eigenvalue weighted by atomic mass is 16.4. The van der Waals surface area contributed by atoms with Crippen molar-refractivity contribution in [2.75, 3.05) is 6.54 Å². The number of benzene rings is 1. The van der Waals surface area contributed by atoms with Crippen LogP contribution in [-0.2, 0) is 25.6 Å². The minimum atomic E-state index is -1.31. The largest absolute Gasteiger partial charge is 0.508 e. The number of rotatable bonds is 11. The van der Waals surface area contributed by atoms with Crippen LogP contribution >= 0.6 is 0 Å². The molecule has 0 saturated carbocycles. The number of phenolic OH excluding ortho intramolecular Hbond substituents is 1. The second-order valence-electron chi connectivity index (χ2n) is 8.88. The third-order valence-corrected chi connectivity index (χ3v) is 5.68. The summed E-state index contributed by atoms with van der Waals surface area (Å²) in [5.74, 6) is -3.53. The molecule has 0 bridgehead atoms. The van der Waals surface area contributed by atoms with E-state index < -0.39 is 59.9 Å². The molecule has 1 aromatic carbocycles. The van der Waals surface area contributed by atoms with Gasteiger partial charge in [-0.2, -0.15) is 0 Å². The maximum atomic E-state index is 13.0. The van der Waals surface area contributed by atoms with Gasteiger partial charge in [0.05, 0.1) is 12.1 Å². The molecule has 1 aliphatic rings. The Morgan fingerprint density at radius 3 is 2.15 bits per heavy atom. The van der Waals surface area contributed by atoms with E-state index in [1.54, 1.807) is 26.0 Å². The third-order valence-electron chi connectivity index (χ3n) is 5.68. The predicted octanol–water partition coefficient (Wildman–Crippen LogP) is -0.737. The first-order valence-electron chi connectivity index (χ1n) is 11.3. The summed E-state index contributed by atoms with van der Waals surface area (Å²) in [5.41, 5.74) is 0.600. The molecule has 11 heteroatoms. The Balaban J connectivity index is 2.20. The van der Waals surface area contributed by atoms with Gasteiger partial charge in [-0.05, 0) is 49.9 Å². The van der Waals surface area contributed by atoms with Crippen molar-refractivity contribution < 1.29 is 34.5 Å². The lowest BCUT2D eigenvalue weighted by molar-refractivity contribution is -0.143. The lowest BCUT2D eigenvalue weighted by Crippen LogP contribution is -2.60. The molecule has 0 aromatic heterocycles. The summed E-state index contributed by atoms with van der Waals surface area (Å²) in [6, 6.07) is 1.84. The first-order chi connectivity index (χ1) is 16.0. The number of aliphatic hydroxyl groups excluding tert-OH is 1. The summed E-state index contributed by atoms with van der Waals surface area (Å²) in [6.07, 6.45) is 0.175.